The molecule has 0 bridgehead atoms. The van der Waals surface area contributed by atoms with Crippen LogP contribution < -0.4 is 11.5 Å². The van der Waals surface area contributed by atoms with E-state index < -0.39 is 62.7 Å². The Balaban J connectivity index is 1.27. The molecule has 0 radical (unpaired) electrons. The largest absolute Gasteiger partial charge is 0.324 e. The molecule has 2 unspecified atom stereocenters. The number of fused-ring (bicyclic) bond motifs is 2. The highest BCUT2D eigenvalue weighted by atomic mass is 32.2. The molecule has 6 rings (SSSR count). The van der Waals surface area contributed by atoms with E-state index >= 15 is 0 Å². The summed E-state index contributed by atoms with van der Waals surface area (Å²) in [6, 6.07) is 22.7. The molecule has 220 valence electrons. The highest BCUT2D eigenvalue weighted by molar-refractivity contribution is 7.91. The molecule has 0 fully saturated rings. The van der Waals surface area contributed by atoms with Gasteiger partial charge < -0.3 is 11.5 Å². The van der Waals surface area contributed by atoms with Crippen molar-refractivity contribution in [3.63, 3.8) is 0 Å². The Morgan fingerprint density at radius 3 is 1.64 bits per heavy atom. The molecule has 4 aromatic carbocycles. The highest BCUT2D eigenvalue weighted by Gasteiger charge is 2.46. The second-order valence-corrected chi connectivity index (χ2v) is 12.9. The van der Waals surface area contributed by atoms with Gasteiger partial charge in [-0.25, -0.2) is 8.42 Å². The van der Waals surface area contributed by atoms with E-state index in [-0.39, 0.29) is 38.5 Å². The van der Waals surface area contributed by atoms with Gasteiger partial charge in [0.05, 0.1) is 21.8 Å². The summed E-state index contributed by atoms with van der Waals surface area (Å²) in [5.74, 6) is -6.02. The lowest BCUT2D eigenvalue weighted by Gasteiger charge is -2.15. The molecule has 0 saturated heterocycles. The molecule has 4 N–H and O–H groups in total. The standard InChI is InChI=1S/C34H26N2O7S/c35-27(18-7-3-1-4-8-18)17-26-30(37)22-13-11-20(15-24(22)31(26)38)44(42,43)21-12-14-23-25(16-21)33(40)28(32(23)39)34(41)29(36)19-9-5-2-6-10-19/h1-16,26-29H,17,35-36H2/t26?,27-,28?,29+/m0/s1. The molecular formula is C34H26N2O7S. The molecule has 4 atom stereocenters. The van der Waals surface area contributed by atoms with Crippen molar-refractivity contribution in [1.29, 1.82) is 0 Å². The summed E-state index contributed by atoms with van der Waals surface area (Å²) in [6.07, 6.45) is 0.0627. The minimum Gasteiger partial charge on any atom is -0.324 e. The number of carbonyl (C=O) groups excluding carboxylic acids is 5. The maximum Gasteiger partial charge on any atom is 0.206 e. The van der Waals surface area contributed by atoms with Gasteiger partial charge in [-0.05, 0) is 53.9 Å². The summed E-state index contributed by atoms with van der Waals surface area (Å²) < 4.78 is 27.3. The quantitative estimate of drug-likeness (QED) is 0.283. The average Bonchev–Trinajstić information content (AvgIpc) is 3.44. The van der Waals surface area contributed by atoms with Gasteiger partial charge in [0.2, 0.25) is 9.84 Å². The molecule has 0 aliphatic heterocycles. The molecule has 9 nitrogen and oxygen atoms in total. The van der Waals surface area contributed by atoms with Gasteiger partial charge in [-0.15, -0.1) is 0 Å². The molecule has 2 aliphatic carbocycles. The maximum absolute atomic E-state index is 13.7. The van der Waals surface area contributed by atoms with Crippen LogP contribution in [0.2, 0.25) is 0 Å². The fraction of sp³-hybridized carbons (Fsp3) is 0.147. The van der Waals surface area contributed by atoms with E-state index in [9.17, 15) is 32.4 Å². The van der Waals surface area contributed by atoms with E-state index in [1.54, 1.807) is 54.6 Å². The summed E-state index contributed by atoms with van der Waals surface area (Å²) >= 11 is 0. The first-order chi connectivity index (χ1) is 21.0. The van der Waals surface area contributed by atoms with Crippen LogP contribution >= 0.6 is 0 Å². The van der Waals surface area contributed by atoms with Crippen LogP contribution in [-0.2, 0) is 14.6 Å². The number of ketones is 5. The average molecular weight is 607 g/mol. The number of hydrogen-bond donors (Lipinski definition) is 2. The van der Waals surface area contributed by atoms with Gasteiger partial charge in [-0.2, -0.15) is 0 Å². The van der Waals surface area contributed by atoms with E-state index in [2.05, 4.69) is 0 Å². The van der Waals surface area contributed by atoms with Gasteiger partial charge in [0, 0.05) is 28.3 Å². The Bertz CT molecular complexity index is 1990. The number of benzene rings is 4. The van der Waals surface area contributed by atoms with E-state index in [1.165, 1.54) is 24.3 Å². The first-order valence-electron chi connectivity index (χ1n) is 13.9. The van der Waals surface area contributed by atoms with E-state index in [0.29, 0.717) is 5.56 Å². The Morgan fingerprint density at radius 2 is 1.07 bits per heavy atom. The summed E-state index contributed by atoms with van der Waals surface area (Å²) in [6.45, 7) is 0. The maximum atomic E-state index is 13.7. The zero-order chi connectivity index (χ0) is 31.3. The number of sulfone groups is 1. The second-order valence-electron chi connectivity index (χ2n) is 10.9. The molecule has 0 aromatic heterocycles. The Kier molecular flexibility index (Phi) is 7.28. The normalized spacial score (nSPS) is 19.0. The summed E-state index contributed by atoms with van der Waals surface area (Å²) in [4.78, 5) is 65.3. The molecule has 10 heteroatoms. The molecular weight excluding hydrogens is 580 g/mol. The van der Waals surface area contributed by atoms with Crippen molar-refractivity contribution in [2.45, 2.75) is 28.3 Å². The third kappa shape index (κ3) is 4.73. The number of hydrogen-bond acceptors (Lipinski definition) is 9. The summed E-state index contributed by atoms with van der Waals surface area (Å²) in [5, 5.41) is 0. The number of carbonyl (C=O) groups is 5. The van der Waals surface area contributed by atoms with Gasteiger partial charge in [-0.1, -0.05) is 60.7 Å². The van der Waals surface area contributed by atoms with Crippen molar-refractivity contribution < 1.29 is 32.4 Å². The van der Waals surface area contributed by atoms with E-state index in [4.69, 9.17) is 11.5 Å². The zero-order valence-electron chi connectivity index (χ0n) is 23.2. The van der Waals surface area contributed by atoms with Gasteiger partial charge in [-0.3, -0.25) is 24.0 Å². The fourth-order valence-corrected chi connectivity index (χ4v) is 7.16. The molecule has 0 amide bonds. The van der Waals surface area contributed by atoms with Crippen LogP contribution in [0.3, 0.4) is 0 Å². The van der Waals surface area contributed by atoms with Crippen molar-refractivity contribution >= 4 is 38.8 Å². The third-order valence-electron chi connectivity index (χ3n) is 8.29. The lowest BCUT2D eigenvalue weighted by atomic mass is 9.90. The smallest absolute Gasteiger partial charge is 0.206 e. The van der Waals surface area contributed by atoms with Gasteiger partial charge in [0.1, 0.15) is 5.92 Å². The minimum atomic E-state index is -4.31. The van der Waals surface area contributed by atoms with Crippen molar-refractivity contribution in [3.05, 3.63) is 130 Å². The first-order valence-corrected chi connectivity index (χ1v) is 15.3. The highest BCUT2D eigenvalue weighted by Crippen LogP contribution is 2.37. The molecule has 4 aromatic rings. The predicted molar refractivity (Wildman–Crippen MR) is 159 cm³/mol. The Labute approximate surface area is 252 Å². The first kappa shape index (κ1) is 29.2. The molecule has 0 spiro atoms. The third-order valence-corrected chi connectivity index (χ3v) is 10.0. The topological polar surface area (TPSA) is 172 Å². The van der Waals surface area contributed by atoms with Crippen molar-refractivity contribution in [1.82, 2.24) is 0 Å². The monoisotopic (exact) mass is 606 g/mol. The molecule has 0 saturated carbocycles. The predicted octanol–water partition coefficient (Wildman–Crippen LogP) is 3.87. The van der Waals surface area contributed by atoms with Crippen LogP contribution in [0.4, 0.5) is 0 Å². The van der Waals surface area contributed by atoms with Gasteiger partial charge >= 0.3 is 0 Å². The SMILES string of the molecule is N[C@@H](CC1C(=O)c2ccc(S(=O)(=O)c3ccc4c(c3)C(=O)C(C(=O)[C@H](N)c3ccccc3)C4=O)cc2C1=O)c1ccccc1. The second kappa shape index (κ2) is 11.0. The zero-order valence-corrected chi connectivity index (χ0v) is 24.0. The van der Waals surface area contributed by atoms with Crippen LogP contribution in [-0.4, -0.2) is 37.3 Å². The van der Waals surface area contributed by atoms with E-state index in [0.717, 1.165) is 17.7 Å². The fourth-order valence-electron chi connectivity index (χ4n) is 5.85. The number of nitrogens with two attached hydrogens (primary N) is 2. The lowest BCUT2D eigenvalue weighted by molar-refractivity contribution is -0.121. The number of Topliss-reactive ketones (excluding diaryl/α,β-unsaturated/α-hetero) is 5. The molecule has 0 heterocycles. The van der Waals surface area contributed by atoms with E-state index in [1.807, 2.05) is 6.07 Å². The van der Waals surface area contributed by atoms with Crippen molar-refractivity contribution in [3.8, 4) is 0 Å². The van der Waals surface area contributed by atoms with Gasteiger partial charge in [0.15, 0.2) is 28.9 Å². The summed E-state index contributed by atoms with van der Waals surface area (Å²) in [7, 11) is -4.31. The van der Waals surface area contributed by atoms with Crippen LogP contribution in [0, 0.1) is 11.8 Å². The number of rotatable bonds is 8. The van der Waals surface area contributed by atoms with Crippen LogP contribution in [0.1, 0.15) is 71.1 Å². The van der Waals surface area contributed by atoms with Crippen LogP contribution in [0.5, 0.6) is 0 Å². The van der Waals surface area contributed by atoms with Crippen LogP contribution in [0.25, 0.3) is 0 Å². The summed E-state index contributed by atoms with van der Waals surface area (Å²) in [5.41, 5.74) is 13.4. The Hall–Kier alpha value is -4.90. The van der Waals surface area contributed by atoms with Crippen molar-refractivity contribution in [2.75, 3.05) is 0 Å². The minimum absolute atomic E-state index is 0.0192. The molecule has 2 aliphatic rings. The van der Waals surface area contributed by atoms with Crippen LogP contribution in [0.15, 0.2) is 107 Å². The molecule has 44 heavy (non-hydrogen) atoms. The Morgan fingerprint density at radius 1 is 0.614 bits per heavy atom. The lowest BCUT2D eigenvalue weighted by Crippen LogP contribution is -2.34. The van der Waals surface area contributed by atoms with Crippen molar-refractivity contribution in [2.24, 2.45) is 23.3 Å². The van der Waals surface area contributed by atoms with Gasteiger partial charge in [0.25, 0.3) is 0 Å².